The van der Waals surface area contributed by atoms with E-state index in [2.05, 4.69) is 10.3 Å². The highest BCUT2D eigenvalue weighted by atomic mass is 32.2. The third kappa shape index (κ3) is 5.26. The van der Waals surface area contributed by atoms with Crippen LogP contribution in [-0.4, -0.2) is 73.0 Å². The molecule has 0 spiro atoms. The number of aromatic carboxylic acids is 1. The van der Waals surface area contributed by atoms with E-state index >= 15 is 0 Å². The lowest BCUT2D eigenvalue weighted by atomic mass is 10.2. The normalized spacial score (nSPS) is 19.8. The van der Waals surface area contributed by atoms with E-state index in [4.69, 9.17) is 5.11 Å². The third-order valence-corrected chi connectivity index (χ3v) is 6.32. The van der Waals surface area contributed by atoms with E-state index in [0.29, 0.717) is 24.4 Å². The molecular weight excluding hydrogens is 342 g/mol. The second-order valence-corrected chi connectivity index (χ2v) is 8.67. The van der Waals surface area contributed by atoms with Gasteiger partial charge in [-0.05, 0) is 13.5 Å². The number of hydrogen-bond acceptors (Lipinski definition) is 7. The van der Waals surface area contributed by atoms with Crippen LogP contribution >= 0.6 is 11.3 Å². The number of carbonyl (C=O) groups excluding carboxylic acids is 1. The summed E-state index contributed by atoms with van der Waals surface area (Å²) in [7, 11) is -1.22. The van der Waals surface area contributed by atoms with E-state index in [9.17, 15) is 18.0 Å². The molecule has 0 bridgehead atoms. The maximum absolute atomic E-state index is 11.9. The van der Waals surface area contributed by atoms with E-state index < -0.39 is 15.8 Å². The summed E-state index contributed by atoms with van der Waals surface area (Å²) in [4.78, 5) is 28.3. The van der Waals surface area contributed by atoms with Crippen molar-refractivity contribution in [2.24, 2.45) is 0 Å². The number of likely N-dealkylation sites (N-methyl/N-ethyl adjacent to an activating group) is 1. The number of nitrogens with one attached hydrogen (secondary N) is 1. The van der Waals surface area contributed by atoms with Gasteiger partial charge in [0.05, 0.1) is 23.1 Å². The summed E-state index contributed by atoms with van der Waals surface area (Å²) in [5, 5.41) is 13.6. The van der Waals surface area contributed by atoms with Gasteiger partial charge in [-0.3, -0.25) is 9.69 Å². The van der Waals surface area contributed by atoms with Gasteiger partial charge in [-0.25, -0.2) is 18.2 Å². The van der Waals surface area contributed by atoms with Crippen molar-refractivity contribution in [2.75, 3.05) is 31.6 Å². The number of rotatable bonds is 7. The van der Waals surface area contributed by atoms with Crippen molar-refractivity contribution >= 4 is 33.1 Å². The Hall–Kier alpha value is -1.52. The summed E-state index contributed by atoms with van der Waals surface area (Å²) in [6, 6.07) is -0.108. The molecule has 1 fully saturated rings. The molecule has 2 rings (SSSR count). The average molecular weight is 361 g/mol. The summed E-state index contributed by atoms with van der Waals surface area (Å²) in [5.41, 5.74) is 0.0125. The van der Waals surface area contributed by atoms with Crippen molar-refractivity contribution in [1.82, 2.24) is 15.2 Å². The van der Waals surface area contributed by atoms with Gasteiger partial charge in [0.2, 0.25) is 5.91 Å². The predicted molar refractivity (Wildman–Crippen MR) is 85.5 cm³/mol. The van der Waals surface area contributed by atoms with Gasteiger partial charge in [-0.1, -0.05) is 0 Å². The molecule has 1 aliphatic heterocycles. The molecule has 0 aliphatic carbocycles. The Bertz CT molecular complexity index is 686. The van der Waals surface area contributed by atoms with Gasteiger partial charge in [-0.2, -0.15) is 0 Å². The number of thiazole rings is 1. The Balaban J connectivity index is 1.71. The van der Waals surface area contributed by atoms with Gasteiger partial charge < -0.3 is 10.4 Å². The number of aromatic nitrogens is 1. The zero-order valence-electron chi connectivity index (χ0n) is 12.7. The number of carboxylic acid groups (broad SMARTS) is 1. The van der Waals surface area contributed by atoms with Crippen LogP contribution in [0.4, 0.5) is 0 Å². The monoisotopic (exact) mass is 361 g/mol. The molecule has 1 unspecified atom stereocenters. The van der Waals surface area contributed by atoms with Crippen LogP contribution in [0, 0.1) is 0 Å². The number of amides is 1. The number of carboxylic acids is 1. The van der Waals surface area contributed by atoms with Crippen molar-refractivity contribution < 1.29 is 23.1 Å². The smallest absolute Gasteiger partial charge is 0.355 e. The molecule has 2 heterocycles. The van der Waals surface area contributed by atoms with Crippen molar-refractivity contribution in [3.8, 4) is 0 Å². The van der Waals surface area contributed by atoms with Crippen molar-refractivity contribution in [2.45, 2.75) is 18.9 Å². The van der Waals surface area contributed by atoms with E-state index in [1.165, 1.54) is 16.7 Å². The van der Waals surface area contributed by atoms with Crippen LogP contribution in [0.15, 0.2) is 5.38 Å². The molecular formula is C13H19N3O5S2. The Morgan fingerprint density at radius 2 is 2.26 bits per heavy atom. The van der Waals surface area contributed by atoms with Crippen molar-refractivity contribution in [3.63, 3.8) is 0 Å². The van der Waals surface area contributed by atoms with Gasteiger partial charge in [0, 0.05) is 24.4 Å². The first-order valence-electron chi connectivity index (χ1n) is 7.12. The maximum Gasteiger partial charge on any atom is 0.355 e. The highest BCUT2D eigenvalue weighted by Crippen LogP contribution is 2.16. The quantitative estimate of drug-likeness (QED) is 0.680. The van der Waals surface area contributed by atoms with E-state index in [-0.39, 0.29) is 35.7 Å². The first-order chi connectivity index (χ1) is 10.8. The minimum absolute atomic E-state index is 0.0125. The van der Waals surface area contributed by atoms with Crippen LogP contribution in [0.3, 0.4) is 0 Å². The van der Waals surface area contributed by atoms with Crippen LogP contribution in [0.25, 0.3) is 0 Å². The fourth-order valence-corrected chi connectivity index (χ4v) is 4.94. The van der Waals surface area contributed by atoms with Crippen LogP contribution in [0.5, 0.6) is 0 Å². The third-order valence-electron chi connectivity index (χ3n) is 3.66. The molecule has 1 aromatic rings. The minimum Gasteiger partial charge on any atom is -0.476 e. The van der Waals surface area contributed by atoms with Crippen LogP contribution in [0.1, 0.15) is 21.9 Å². The molecule has 0 saturated carbocycles. The molecule has 1 atom stereocenters. The summed E-state index contributed by atoms with van der Waals surface area (Å²) in [6.45, 7) is 0.501. The molecule has 1 amide bonds. The van der Waals surface area contributed by atoms with E-state index in [1.54, 1.807) is 11.9 Å². The summed E-state index contributed by atoms with van der Waals surface area (Å²) < 4.78 is 22.9. The molecule has 10 heteroatoms. The molecule has 0 radical (unpaired) electrons. The van der Waals surface area contributed by atoms with Gasteiger partial charge in [-0.15, -0.1) is 11.3 Å². The second kappa shape index (κ2) is 7.37. The number of carbonyl (C=O) groups is 2. The Kier molecular flexibility index (Phi) is 5.71. The highest BCUT2D eigenvalue weighted by Gasteiger charge is 2.31. The molecule has 2 N–H and O–H groups in total. The lowest BCUT2D eigenvalue weighted by Gasteiger charge is -2.22. The second-order valence-electron chi connectivity index (χ2n) is 5.50. The zero-order valence-corrected chi connectivity index (χ0v) is 14.3. The number of sulfone groups is 1. The van der Waals surface area contributed by atoms with Gasteiger partial charge in [0.25, 0.3) is 0 Å². The SMILES string of the molecule is CN(CC(=O)NCCc1nc(C(=O)O)cs1)C1CCS(=O)(=O)C1. The Labute approximate surface area is 138 Å². The predicted octanol–water partition coefficient (Wildman–Crippen LogP) is -0.381. The van der Waals surface area contributed by atoms with E-state index in [1.807, 2.05) is 0 Å². The molecule has 23 heavy (non-hydrogen) atoms. The van der Waals surface area contributed by atoms with Crippen molar-refractivity contribution in [3.05, 3.63) is 16.1 Å². The first kappa shape index (κ1) is 17.8. The molecule has 1 aromatic heterocycles. The molecule has 0 aromatic carbocycles. The summed E-state index contributed by atoms with van der Waals surface area (Å²) in [5.74, 6) is -0.968. The highest BCUT2D eigenvalue weighted by molar-refractivity contribution is 7.91. The van der Waals surface area contributed by atoms with Crippen molar-refractivity contribution in [1.29, 1.82) is 0 Å². The number of nitrogens with zero attached hydrogens (tertiary/aromatic N) is 2. The van der Waals surface area contributed by atoms with Gasteiger partial charge >= 0.3 is 5.97 Å². The summed E-state index contributed by atoms with van der Waals surface area (Å²) in [6.07, 6.45) is 1.02. The van der Waals surface area contributed by atoms with Crippen LogP contribution < -0.4 is 5.32 Å². The molecule has 1 aliphatic rings. The Morgan fingerprint density at radius 3 is 2.83 bits per heavy atom. The lowest BCUT2D eigenvalue weighted by molar-refractivity contribution is -0.122. The standard InChI is InChI=1S/C13H19N3O5S2/c1-16(9-3-5-23(20,21)8-9)6-11(17)14-4-2-12-15-10(7-22-12)13(18)19/h7,9H,2-6,8H2,1H3,(H,14,17)(H,18,19). The average Bonchev–Trinajstić information content (AvgIpc) is 3.05. The largest absolute Gasteiger partial charge is 0.476 e. The van der Waals surface area contributed by atoms with Gasteiger partial charge in [0.1, 0.15) is 0 Å². The van der Waals surface area contributed by atoms with Crippen LogP contribution in [-0.2, 0) is 21.1 Å². The zero-order chi connectivity index (χ0) is 17.0. The molecule has 1 saturated heterocycles. The topological polar surface area (TPSA) is 117 Å². The maximum atomic E-state index is 11.9. The van der Waals surface area contributed by atoms with Crippen LogP contribution in [0.2, 0.25) is 0 Å². The number of hydrogen-bond donors (Lipinski definition) is 2. The van der Waals surface area contributed by atoms with E-state index in [0.717, 1.165) is 0 Å². The minimum atomic E-state index is -2.96. The fraction of sp³-hybridized carbons (Fsp3) is 0.615. The molecule has 128 valence electrons. The van der Waals surface area contributed by atoms with Gasteiger partial charge in [0.15, 0.2) is 15.5 Å². The summed E-state index contributed by atoms with van der Waals surface area (Å²) >= 11 is 1.24. The molecule has 8 nitrogen and oxygen atoms in total. The lowest BCUT2D eigenvalue weighted by Crippen LogP contribution is -2.41. The fourth-order valence-electron chi connectivity index (χ4n) is 2.37. The Morgan fingerprint density at radius 1 is 1.52 bits per heavy atom. The first-order valence-corrected chi connectivity index (χ1v) is 9.82.